The number of carbonyl (C=O) groups excluding carboxylic acids is 2. The quantitative estimate of drug-likeness (QED) is 0.196. The first kappa shape index (κ1) is 30.0. The molecule has 0 saturated heterocycles. The number of carbonyl (C=O) groups is 2. The number of nitrogens with zero attached hydrogens (tertiary/aromatic N) is 1. The number of benzene rings is 4. The minimum absolute atomic E-state index is 0.200. The summed E-state index contributed by atoms with van der Waals surface area (Å²) in [6.45, 7) is 0.336. The normalized spacial score (nSPS) is 11.4. The van der Waals surface area contributed by atoms with E-state index in [0.717, 1.165) is 22.4 Å². The fourth-order valence-electron chi connectivity index (χ4n) is 4.36. The molecule has 0 aromatic heterocycles. The van der Waals surface area contributed by atoms with Crippen molar-refractivity contribution in [2.75, 3.05) is 20.3 Å². The summed E-state index contributed by atoms with van der Waals surface area (Å²) >= 11 is 12.3. The fourth-order valence-corrected chi connectivity index (χ4v) is 4.68. The molecular formula is C33H32Cl2N2O4. The van der Waals surface area contributed by atoms with Gasteiger partial charge in [0.2, 0.25) is 5.91 Å². The number of methoxy groups -OCH3 is 1. The summed E-state index contributed by atoms with van der Waals surface area (Å²) in [5, 5.41) is 4.04. The van der Waals surface area contributed by atoms with Gasteiger partial charge in [-0.15, -0.1) is 0 Å². The maximum absolute atomic E-state index is 13.7. The Kier molecular flexibility index (Phi) is 11.1. The molecule has 41 heavy (non-hydrogen) atoms. The second-order valence-electron chi connectivity index (χ2n) is 9.46. The first-order valence-corrected chi connectivity index (χ1v) is 14.0. The van der Waals surface area contributed by atoms with Crippen LogP contribution in [0, 0.1) is 0 Å². The molecule has 0 heterocycles. The summed E-state index contributed by atoms with van der Waals surface area (Å²) in [5.41, 5.74) is 2.83. The van der Waals surface area contributed by atoms with Crippen molar-refractivity contribution in [2.24, 2.45) is 0 Å². The van der Waals surface area contributed by atoms with Crippen molar-refractivity contribution in [1.82, 2.24) is 10.2 Å². The van der Waals surface area contributed by atoms with Gasteiger partial charge in [0.15, 0.2) is 6.61 Å². The molecular weight excluding hydrogens is 559 g/mol. The van der Waals surface area contributed by atoms with Gasteiger partial charge in [0, 0.05) is 24.5 Å². The van der Waals surface area contributed by atoms with Crippen molar-refractivity contribution in [2.45, 2.75) is 25.4 Å². The Morgan fingerprint density at radius 3 is 2.15 bits per heavy atom. The summed E-state index contributed by atoms with van der Waals surface area (Å²) in [7, 11) is 1.62. The SMILES string of the molecule is COc1ccc(CCNC(=O)C(Cc2ccccc2)N(Cc2ccc(Cl)cc2)C(=O)COc2ccccc2Cl)cc1. The highest BCUT2D eigenvalue weighted by Crippen LogP contribution is 2.24. The topological polar surface area (TPSA) is 67.9 Å². The lowest BCUT2D eigenvalue weighted by molar-refractivity contribution is -0.142. The molecule has 0 aliphatic heterocycles. The molecule has 0 aliphatic carbocycles. The molecule has 0 radical (unpaired) electrons. The molecule has 0 fully saturated rings. The van der Waals surface area contributed by atoms with E-state index in [9.17, 15) is 9.59 Å². The third-order valence-electron chi connectivity index (χ3n) is 6.60. The largest absolute Gasteiger partial charge is 0.497 e. The molecule has 0 aliphatic rings. The number of para-hydroxylation sites is 1. The molecule has 0 spiro atoms. The van der Waals surface area contributed by atoms with E-state index in [1.807, 2.05) is 66.7 Å². The third kappa shape index (κ3) is 9.00. The van der Waals surface area contributed by atoms with Gasteiger partial charge in [-0.2, -0.15) is 0 Å². The highest BCUT2D eigenvalue weighted by atomic mass is 35.5. The van der Waals surface area contributed by atoms with Gasteiger partial charge in [-0.1, -0.05) is 89.9 Å². The summed E-state index contributed by atoms with van der Waals surface area (Å²) in [4.78, 5) is 29.0. The highest BCUT2D eigenvalue weighted by molar-refractivity contribution is 6.32. The van der Waals surface area contributed by atoms with Crippen LogP contribution in [0.2, 0.25) is 10.0 Å². The van der Waals surface area contributed by atoms with E-state index in [2.05, 4.69) is 5.32 Å². The number of rotatable bonds is 13. The second-order valence-corrected chi connectivity index (χ2v) is 10.3. The molecule has 0 bridgehead atoms. The molecule has 212 valence electrons. The second kappa shape index (κ2) is 15.1. The zero-order valence-corrected chi connectivity index (χ0v) is 24.3. The van der Waals surface area contributed by atoms with Crippen LogP contribution in [-0.2, 0) is 29.0 Å². The van der Waals surface area contributed by atoms with Crippen molar-refractivity contribution in [3.8, 4) is 11.5 Å². The smallest absolute Gasteiger partial charge is 0.261 e. The summed E-state index contributed by atoms with van der Waals surface area (Å²) in [6, 6.07) is 30.8. The molecule has 1 atom stereocenters. The van der Waals surface area contributed by atoms with Crippen LogP contribution in [0.3, 0.4) is 0 Å². The molecule has 1 unspecified atom stereocenters. The minimum Gasteiger partial charge on any atom is -0.497 e. The maximum atomic E-state index is 13.7. The lowest BCUT2D eigenvalue weighted by atomic mass is 10.0. The lowest BCUT2D eigenvalue weighted by Gasteiger charge is -2.31. The van der Waals surface area contributed by atoms with Crippen LogP contribution < -0.4 is 14.8 Å². The van der Waals surface area contributed by atoms with E-state index >= 15 is 0 Å². The zero-order chi connectivity index (χ0) is 29.0. The number of halogens is 2. The molecule has 1 N–H and O–H groups in total. The lowest BCUT2D eigenvalue weighted by Crippen LogP contribution is -2.52. The molecule has 6 nitrogen and oxygen atoms in total. The molecule has 2 amide bonds. The molecule has 4 aromatic rings. The van der Waals surface area contributed by atoms with Gasteiger partial charge in [-0.25, -0.2) is 0 Å². The maximum Gasteiger partial charge on any atom is 0.261 e. The van der Waals surface area contributed by atoms with Crippen molar-refractivity contribution < 1.29 is 19.1 Å². The van der Waals surface area contributed by atoms with Gasteiger partial charge >= 0.3 is 0 Å². The van der Waals surface area contributed by atoms with Crippen molar-refractivity contribution in [3.05, 3.63) is 130 Å². The van der Waals surface area contributed by atoms with Gasteiger partial charge in [-0.05, 0) is 59.5 Å². The van der Waals surface area contributed by atoms with Crippen LogP contribution in [0.15, 0.2) is 103 Å². The predicted octanol–water partition coefficient (Wildman–Crippen LogP) is 6.38. The van der Waals surface area contributed by atoms with Gasteiger partial charge in [0.05, 0.1) is 12.1 Å². The summed E-state index contributed by atoms with van der Waals surface area (Å²) in [6.07, 6.45) is 0.967. The Labute approximate surface area is 250 Å². The average Bonchev–Trinajstić information content (AvgIpc) is 3.00. The Morgan fingerprint density at radius 1 is 0.805 bits per heavy atom. The Bertz CT molecular complexity index is 1410. The first-order valence-electron chi connectivity index (χ1n) is 13.3. The number of amides is 2. The number of ether oxygens (including phenoxy) is 2. The van der Waals surface area contributed by atoms with Gasteiger partial charge in [-0.3, -0.25) is 9.59 Å². The molecule has 4 aromatic carbocycles. The van der Waals surface area contributed by atoms with Crippen molar-refractivity contribution in [1.29, 1.82) is 0 Å². The monoisotopic (exact) mass is 590 g/mol. The number of hydrogen-bond donors (Lipinski definition) is 1. The van der Waals surface area contributed by atoms with E-state index in [4.69, 9.17) is 32.7 Å². The van der Waals surface area contributed by atoms with Crippen LogP contribution in [0.25, 0.3) is 0 Å². The Balaban J connectivity index is 1.56. The van der Waals surface area contributed by atoms with E-state index in [1.54, 1.807) is 48.4 Å². The predicted molar refractivity (Wildman–Crippen MR) is 163 cm³/mol. The highest BCUT2D eigenvalue weighted by Gasteiger charge is 2.30. The van der Waals surface area contributed by atoms with Crippen LogP contribution in [0.5, 0.6) is 11.5 Å². The van der Waals surface area contributed by atoms with Gasteiger partial charge < -0.3 is 19.7 Å². The first-order chi connectivity index (χ1) is 19.9. The van der Waals surface area contributed by atoms with Crippen molar-refractivity contribution in [3.63, 3.8) is 0 Å². The molecule has 8 heteroatoms. The van der Waals surface area contributed by atoms with Crippen LogP contribution in [-0.4, -0.2) is 43.0 Å². The summed E-state index contributed by atoms with van der Waals surface area (Å²) < 4.78 is 11.0. The van der Waals surface area contributed by atoms with E-state index in [0.29, 0.717) is 35.2 Å². The molecule has 0 saturated carbocycles. The number of hydrogen-bond acceptors (Lipinski definition) is 4. The third-order valence-corrected chi connectivity index (χ3v) is 7.16. The van der Waals surface area contributed by atoms with Gasteiger partial charge in [0.25, 0.3) is 5.91 Å². The van der Waals surface area contributed by atoms with E-state index in [1.165, 1.54) is 0 Å². The fraction of sp³-hybridized carbons (Fsp3) is 0.212. The minimum atomic E-state index is -0.786. The zero-order valence-electron chi connectivity index (χ0n) is 22.8. The average molecular weight is 592 g/mol. The van der Waals surface area contributed by atoms with Gasteiger partial charge in [0.1, 0.15) is 17.5 Å². The number of nitrogens with one attached hydrogen (secondary N) is 1. The van der Waals surface area contributed by atoms with Crippen LogP contribution >= 0.6 is 23.2 Å². The van der Waals surface area contributed by atoms with E-state index < -0.39 is 6.04 Å². The Hall–Kier alpha value is -4.00. The Morgan fingerprint density at radius 2 is 1.46 bits per heavy atom. The summed E-state index contributed by atoms with van der Waals surface area (Å²) in [5.74, 6) is 0.585. The van der Waals surface area contributed by atoms with E-state index in [-0.39, 0.29) is 25.0 Å². The van der Waals surface area contributed by atoms with Crippen molar-refractivity contribution >= 4 is 35.0 Å². The van der Waals surface area contributed by atoms with Crippen LogP contribution in [0.4, 0.5) is 0 Å². The van der Waals surface area contributed by atoms with Crippen LogP contribution in [0.1, 0.15) is 16.7 Å². The standard InChI is InChI=1S/C33H32Cl2N2O4/c1-40-28-17-13-24(14-18-28)19-20-36-33(39)30(21-25-7-3-2-4-8-25)37(22-26-11-15-27(34)16-12-26)32(38)23-41-31-10-6-5-9-29(31)35/h2-18,30H,19-23H2,1H3,(H,36,39). The molecule has 4 rings (SSSR count).